The molecule has 0 saturated carbocycles. The molecule has 0 heterocycles. The Labute approximate surface area is 66.0 Å². The van der Waals surface area contributed by atoms with E-state index < -0.39 is 0 Å². The third kappa shape index (κ3) is 7.50. The van der Waals surface area contributed by atoms with E-state index in [2.05, 4.69) is 0 Å². The Bertz CT molecular complexity index is 48.0. The van der Waals surface area contributed by atoms with Crippen molar-refractivity contribution < 1.29 is 10.2 Å². The van der Waals surface area contributed by atoms with Crippen LogP contribution in [0.1, 0.15) is 13.8 Å². The predicted octanol–water partition coefficient (Wildman–Crippen LogP) is -1.01. The average Bonchev–Trinajstić information content (AvgIpc) is 1.61. The Balaban J connectivity index is 2.93. The molecule has 2 N–H and O–H groups in total. The summed E-state index contributed by atoms with van der Waals surface area (Å²) in [6.07, 6.45) is 0. The summed E-state index contributed by atoms with van der Waals surface area (Å²) >= 11 is -0.392. The second-order valence-electron chi connectivity index (χ2n) is 1.39. The van der Waals surface area contributed by atoms with E-state index in [1.165, 1.54) is 0 Å². The van der Waals surface area contributed by atoms with E-state index in [-0.39, 0.29) is 42.4 Å². The van der Waals surface area contributed by atoms with Crippen LogP contribution in [0.5, 0.6) is 0 Å². The van der Waals surface area contributed by atoms with Crippen molar-refractivity contribution >= 4 is 34.1 Å². The molecule has 0 rings (SSSR count). The number of hydrogen-bond acceptors (Lipinski definition) is 2. The molecule has 0 aromatic rings. The van der Waals surface area contributed by atoms with E-state index in [9.17, 15) is 0 Å². The van der Waals surface area contributed by atoms with Gasteiger partial charge in [-0.2, -0.15) is 0 Å². The Morgan fingerprint density at radius 1 is 1.00 bits per heavy atom. The van der Waals surface area contributed by atoms with Crippen LogP contribution in [0.2, 0.25) is 0 Å². The van der Waals surface area contributed by atoms with E-state index in [1.54, 1.807) is 0 Å². The first-order valence-electron chi connectivity index (χ1n) is 2.31. The molecule has 0 aliphatic carbocycles. The van der Waals surface area contributed by atoms with Gasteiger partial charge in [-0.1, -0.05) is 0 Å². The van der Waals surface area contributed by atoms with E-state index >= 15 is 0 Å². The third-order valence-corrected chi connectivity index (χ3v) is 15.0. The molecule has 0 aliphatic rings. The van der Waals surface area contributed by atoms with Crippen LogP contribution < -0.4 is 0 Å². The van der Waals surface area contributed by atoms with Gasteiger partial charge in [-0.05, 0) is 0 Å². The van der Waals surface area contributed by atoms with Gasteiger partial charge in [-0.15, -0.1) is 0 Å². The zero-order valence-corrected chi connectivity index (χ0v) is 9.53. The van der Waals surface area contributed by atoms with Gasteiger partial charge in [-0.25, -0.2) is 0 Å². The molecule has 4 heteroatoms. The van der Waals surface area contributed by atoms with Gasteiger partial charge in [0.2, 0.25) is 0 Å². The van der Waals surface area contributed by atoms with E-state index in [0.29, 0.717) is 0 Å². The van der Waals surface area contributed by atoms with Crippen molar-refractivity contribution in [3.8, 4) is 0 Å². The fraction of sp³-hybridized carbons (Fsp3) is 1.00. The standard InChI is InChI=1S/C4H10O2Te2/c1-3(5)7-8-4(2)6/h3-6H,1-2H3. The van der Waals surface area contributed by atoms with Gasteiger partial charge in [-0.3, -0.25) is 0 Å². The Kier molecular flexibility index (Phi) is 6.29. The summed E-state index contributed by atoms with van der Waals surface area (Å²) in [6, 6.07) is 0. The fourth-order valence-electron chi connectivity index (χ4n) is 0.161. The van der Waals surface area contributed by atoms with Gasteiger partial charge >= 0.3 is 66.5 Å². The minimum absolute atomic E-state index is 0.0857. The molecule has 0 spiro atoms. The maximum absolute atomic E-state index is 8.78. The van der Waals surface area contributed by atoms with Gasteiger partial charge in [0.05, 0.1) is 0 Å². The second-order valence-corrected chi connectivity index (χ2v) is 13.8. The van der Waals surface area contributed by atoms with Crippen molar-refractivity contribution in [1.82, 2.24) is 0 Å². The predicted molar refractivity (Wildman–Crippen MR) is 34.9 cm³/mol. The molecule has 2 nitrogen and oxygen atoms in total. The molecular formula is C4H10O2Te2. The Hall–Kier alpha value is 1.50. The summed E-state index contributed by atoms with van der Waals surface area (Å²) in [5.41, 5.74) is 0. The van der Waals surface area contributed by atoms with Crippen LogP contribution in [0.15, 0.2) is 0 Å². The first-order valence-corrected chi connectivity index (χ1v) is 12.3. The van der Waals surface area contributed by atoms with E-state index in [0.717, 1.165) is 0 Å². The van der Waals surface area contributed by atoms with Crippen molar-refractivity contribution in [2.45, 2.75) is 22.2 Å². The molecule has 0 saturated heterocycles. The van der Waals surface area contributed by atoms with Crippen LogP contribution in [-0.4, -0.2) is 52.6 Å². The summed E-state index contributed by atoms with van der Waals surface area (Å²) in [6.45, 7) is 3.63. The van der Waals surface area contributed by atoms with Crippen molar-refractivity contribution in [2.75, 3.05) is 0 Å². The number of hydrogen-bond donors (Lipinski definition) is 2. The van der Waals surface area contributed by atoms with Crippen LogP contribution in [0.25, 0.3) is 0 Å². The molecule has 8 heavy (non-hydrogen) atoms. The van der Waals surface area contributed by atoms with Gasteiger partial charge < -0.3 is 0 Å². The second kappa shape index (κ2) is 5.30. The zero-order valence-electron chi connectivity index (χ0n) is 4.87. The monoisotopic (exact) mass is 350 g/mol. The van der Waals surface area contributed by atoms with Crippen molar-refractivity contribution in [2.24, 2.45) is 0 Å². The van der Waals surface area contributed by atoms with Gasteiger partial charge in [0.15, 0.2) is 0 Å². The van der Waals surface area contributed by atoms with Gasteiger partial charge in [0, 0.05) is 0 Å². The van der Waals surface area contributed by atoms with Gasteiger partial charge in [0.1, 0.15) is 0 Å². The molecule has 50 valence electrons. The first-order chi connectivity index (χ1) is 3.63. The molecule has 0 bridgehead atoms. The topological polar surface area (TPSA) is 40.5 Å². The molecule has 2 atom stereocenters. The number of aliphatic hydroxyl groups is 2. The molecule has 0 aromatic carbocycles. The summed E-state index contributed by atoms with van der Waals surface area (Å²) in [7, 11) is 0. The maximum atomic E-state index is 8.78. The van der Waals surface area contributed by atoms with Crippen LogP contribution in [0, 0.1) is 0 Å². The number of aliphatic hydroxyl groups excluding tert-OH is 2. The Morgan fingerprint density at radius 2 is 1.25 bits per heavy atom. The number of rotatable bonds is 3. The zero-order chi connectivity index (χ0) is 6.57. The van der Waals surface area contributed by atoms with Crippen molar-refractivity contribution in [3.05, 3.63) is 0 Å². The van der Waals surface area contributed by atoms with Crippen molar-refractivity contribution in [3.63, 3.8) is 0 Å². The summed E-state index contributed by atoms with van der Waals surface area (Å²) in [4.78, 5) is 0. The normalized spacial score (nSPS) is 18.0. The van der Waals surface area contributed by atoms with Crippen LogP contribution in [0.3, 0.4) is 0 Å². The minimum atomic E-state index is -0.196. The van der Waals surface area contributed by atoms with Crippen LogP contribution in [-0.2, 0) is 0 Å². The van der Waals surface area contributed by atoms with Crippen LogP contribution >= 0.6 is 0 Å². The Morgan fingerprint density at radius 3 is 1.38 bits per heavy atom. The molecule has 2 unspecified atom stereocenters. The molecule has 0 aromatic heterocycles. The SMILES string of the molecule is CC(O)[Te][Te]C(C)O. The first kappa shape index (κ1) is 9.50. The van der Waals surface area contributed by atoms with Crippen molar-refractivity contribution in [1.29, 1.82) is 0 Å². The molecule has 0 amide bonds. The molecular weight excluding hydrogens is 335 g/mol. The average molecular weight is 345 g/mol. The van der Waals surface area contributed by atoms with Crippen LogP contribution in [0.4, 0.5) is 0 Å². The van der Waals surface area contributed by atoms with E-state index in [1.807, 2.05) is 13.8 Å². The molecule has 0 fully saturated rings. The third-order valence-electron chi connectivity index (χ3n) is 0.334. The van der Waals surface area contributed by atoms with Gasteiger partial charge in [0.25, 0.3) is 0 Å². The summed E-state index contributed by atoms with van der Waals surface area (Å²) < 4.78 is -0.171. The molecule has 0 aliphatic heterocycles. The quantitative estimate of drug-likeness (QED) is 0.644. The summed E-state index contributed by atoms with van der Waals surface area (Å²) in [5, 5.41) is 17.6. The molecule has 0 radical (unpaired) electrons. The fourth-order valence-corrected chi connectivity index (χ4v) is 7.24. The summed E-state index contributed by atoms with van der Waals surface area (Å²) in [5.74, 6) is 0. The van der Waals surface area contributed by atoms with E-state index in [4.69, 9.17) is 10.2 Å².